The molecule has 2 rings (SSSR count). The largest absolute Gasteiger partial charge is 0.350 e. The van der Waals surface area contributed by atoms with Gasteiger partial charge in [0.1, 0.15) is 0 Å². The Morgan fingerprint density at radius 1 is 1.44 bits per heavy atom. The first kappa shape index (κ1) is 11.3. The fourth-order valence-corrected chi connectivity index (χ4v) is 1.97. The monoisotopic (exact) mass is 220 g/mol. The molecule has 0 aliphatic carbocycles. The maximum Gasteiger partial charge on any atom is 0.222 e. The van der Waals surface area contributed by atoms with Crippen LogP contribution in [0.15, 0.2) is 12.4 Å². The van der Waals surface area contributed by atoms with Crippen molar-refractivity contribution < 1.29 is 0 Å². The van der Waals surface area contributed by atoms with Crippen LogP contribution in [0.5, 0.6) is 0 Å². The van der Waals surface area contributed by atoms with Crippen molar-refractivity contribution in [2.45, 2.75) is 32.7 Å². The third-order valence-corrected chi connectivity index (χ3v) is 2.74. The zero-order valence-electron chi connectivity index (χ0n) is 10.0. The molecular weight excluding hydrogens is 200 g/mol. The first-order chi connectivity index (χ1) is 7.74. The molecule has 1 unspecified atom stereocenters. The number of nitrogens with one attached hydrogen (secondary N) is 2. The van der Waals surface area contributed by atoms with Gasteiger partial charge >= 0.3 is 0 Å². The molecule has 88 valence electrons. The van der Waals surface area contributed by atoms with Gasteiger partial charge in [-0.1, -0.05) is 13.8 Å². The average molecular weight is 220 g/mol. The van der Waals surface area contributed by atoms with Crippen molar-refractivity contribution in [3.05, 3.63) is 18.0 Å². The van der Waals surface area contributed by atoms with Gasteiger partial charge in [-0.15, -0.1) is 0 Å². The van der Waals surface area contributed by atoms with Gasteiger partial charge < -0.3 is 10.6 Å². The Hall–Kier alpha value is -1.16. The van der Waals surface area contributed by atoms with Crippen molar-refractivity contribution in [3.63, 3.8) is 0 Å². The molecular formula is C12H20N4. The van der Waals surface area contributed by atoms with E-state index < -0.39 is 0 Å². The van der Waals surface area contributed by atoms with E-state index >= 15 is 0 Å². The molecule has 1 aromatic heterocycles. The van der Waals surface area contributed by atoms with Crippen LogP contribution in [0.25, 0.3) is 0 Å². The Morgan fingerprint density at radius 3 is 2.75 bits per heavy atom. The standard InChI is InChI=1S/C12H20N4/c1-9(2)5-10-6-14-12(15-7-10)16-11-3-4-13-8-11/h6-7,9,11,13H,3-5,8H2,1-2H3,(H,14,15,16). The topological polar surface area (TPSA) is 49.8 Å². The zero-order chi connectivity index (χ0) is 11.4. The first-order valence-electron chi connectivity index (χ1n) is 6.02. The third-order valence-electron chi connectivity index (χ3n) is 2.74. The molecule has 1 saturated heterocycles. The lowest BCUT2D eigenvalue weighted by Gasteiger charge is -2.11. The summed E-state index contributed by atoms with van der Waals surface area (Å²) in [5, 5.41) is 6.65. The fraction of sp³-hybridized carbons (Fsp3) is 0.667. The Bertz CT molecular complexity index is 314. The van der Waals surface area contributed by atoms with Crippen molar-refractivity contribution in [3.8, 4) is 0 Å². The Balaban J connectivity index is 1.90. The van der Waals surface area contributed by atoms with Crippen molar-refractivity contribution >= 4 is 5.95 Å². The van der Waals surface area contributed by atoms with E-state index in [4.69, 9.17) is 0 Å². The van der Waals surface area contributed by atoms with Gasteiger partial charge in [-0.2, -0.15) is 0 Å². The molecule has 1 aliphatic rings. The predicted molar refractivity (Wildman–Crippen MR) is 65.5 cm³/mol. The van der Waals surface area contributed by atoms with E-state index in [0.29, 0.717) is 12.0 Å². The number of aromatic nitrogens is 2. The van der Waals surface area contributed by atoms with E-state index in [0.717, 1.165) is 31.9 Å². The number of nitrogens with zero attached hydrogens (tertiary/aromatic N) is 2. The summed E-state index contributed by atoms with van der Waals surface area (Å²) >= 11 is 0. The summed E-state index contributed by atoms with van der Waals surface area (Å²) in [6.07, 6.45) is 6.05. The smallest absolute Gasteiger partial charge is 0.222 e. The van der Waals surface area contributed by atoms with Crippen LogP contribution in [-0.2, 0) is 6.42 Å². The predicted octanol–water partition coefficient (Wildman–Crippen LogP) is 1.45. The highest BCUT2D eigenvalue weighted by molar-refractivity contribution is 5.27. The van der Waals surface area contributed by atoms with Crippen molar-refractivity contribution in [2.75, 3.05) is 18.4 Å². The summed E-state index contributed by atoms with van der Waals surface area (Å²) in [6, 6.07) is 0.482. The molecule has 1 aliphatic heterocycles. The second kappa shape index (κ2) is 5.25. The van der Waals surface area contributed by atoms with E-state index in [1.54, 1.807) is 0 Å². The highest BCUT2D eigenvalue weighted by Gasteiger charge is 2.14. The summed E-state index contributed by atoms with van der Waals surface area (Å²) in [5.41, 5.74) is 1.21. The molecule has 1 fully saturated rings. The van der Waals surface area contributed by atoms with Gasteiger partial charge in [0.15, 0.2) is 0 Å². The minimum absolute atomic E-state index is 0.482. The number of rotatable bonds is 4. The molecule has 2 N–H and O–H groups in total. The number of hydrogen-bond donors (Lipinski definition) is 2. The van der Waals surface area contributed by atoms with Gasteiger partial charge in [-0.3, -0.25) is 0 Å². The molecule has 1 atom stereocenters. The van der Waals surface area contributed by atoms with Crippen molar-refractivity contribution in [2.24, 2.45) is 5.92 Å². The lowest BCUT2D eigenvalue weighted by molar-refractivity contribution is 0.643. The van der Waals surface area contributed by atoms with Crippen LogP contribution in [-0.4, -0.2) is 29.1 Å². The van der Waals surface area contributed by atoms with Crippen LogP contribution in [0.4, 0.5) is 5.95 Å². The molecule has 4 heteroatoms. The Labute approximate surface area is 96.9 Å². The van der Waals surface area contributed by atoms with Gasteiger partial charge in [0.25, 0.3) is 0 Å². The molecule has 4 nitrogen and oxygen atoms in total. The molecule has 0 spiro atoms. The van der Waals surface area contributed by atoms with E-state index in [-0.39, 0.29) is 0 Å². The maximum atomic E-state index is 4.35. The van der Waals surface area contributed by atoms with Crippen LogP contribution in [0, 0.1) is 5.92 Å². The summed E-state index contributed by atoms with van der Waals surface area (Å²) in [6.45, 7) is 6.51. The molecule has 16 heavy (non-hydrogen) atoms. The Morgan fingerprint density at radius 2 is 2.19 bits per heavy atom. The summed E-state index contributed by atoms with van der Waals surface area (Å²) in [5.74, 6) is 1.41. The molecule has 1 aromatic rings. The molecule has 0 amide bonds. The van der Waals surface area contributed by atoms with Crippen LogP contribution in [0.1, 0.15) is 25.8 Å². The highest BCUT2D eigenvalue weighted by Crippen LogP contribution is 2.09. The minimum atomic E-state index is 0.482. The van der Waals surface area contributed by atoms with Gasteiger partial charge in [0.05, 0.1) is 0 Å². The Kier molecular flexibility index (Phi) is 3.72. The highest BCUT2D eigenvalue weighted by atomic mass is 15.1. The van der Waals surface area contributed by atoms with Gasteiger partial charge in [0.2, 0.25) is 5.95 Å². The fourth-order valence-electron chi connectivity index (χ4n) is 1.97. The zero-order valence-corrected chi connectivity index (χ0v) is 10.0. The number of hydrogen-bond acceptors (Lipinski definition) is 4. The molecule has 0 bridgehead atoms. The first-order valence-corrected chi connectivity index (χ1v) is 6.02. The van der Waals surface area contributed by atoms with E-state index in [2.05, 4.69) is 34.4 Å². The van der Waals surface area contributed by atoms with Crippen LogP contribution in [0.2, 0.25) is 0 Å². The number of anilines is 1. The lowest BCUT2D eigenvalue weighted by atomic mass is 10.1. The SMILES string of the molecule is CC(C)Cc1cnc(NC2CCNC2)nc1. The summed E-state index contributed by atoms with van der Waals surface area (Å²) in [7, 11) is 0. The third kappa shape index (κ3) is 3.17. The van der Waals surface area contributed by atoms with Gasteiger partial charge in [-0.05, 0) is 30.9 Å². The lowest BCUT2D eigenvalue weighted by Crippen LogP contribution is -2.23. The van der Waals surface area contributed by atoms with Crippen LogP contribution >= 0.6 is 0 Å². The van der Waals surface area contributed by atoms with Gasteiger partial charge in [0, 0.05) is 25.0 Å². The van der Waals surface area contributed by atoms with E-state index in [9.17, 15) is 0 Å². The summed E-state index contributed by atoms with van der Waals surface area (Å²) in [4.78, 5) is 8.69. The second-order valence-electron chi connectivity index (χ2n) is 4.85. The minimum Gasteiger partial charge on any atom is -0.350 e. The van der Waals surface area contributed by atoms with Crippen LogP contribution in [0.3, 0.4) is 0 Å². The second-order valence-corrected chi connectivity index (χ2v) is 4.85. The van der Waals surface area contributed by atoms with Gasteiger partial charge in [-0.25, -0.2) is 9.97 Å². The molecule has 0 radical (unpaired) electrons. The van der Waals surface area contributed by atoms with Crippen molar-refractivity contribution in [1.82, 2.24) is 15.3 Å². The van der Waals surface area contributed by atoms with E-state index in [1.165, 1.54) is 5.56 Å². The molecule has 0 aromatic carbocycles. The molecule has 2 heterocycles. The van der Waals surface area contributed by atoms with Crippen molar-refractivity contribution in [1.29, 1.82) is 0 Å². The summed E-state index contributed by atoms with van der Waals surface area (Å²) < 4.78 is 0. The van der Waals surface area contributed by atoms with E-state index in [1.807, 2.05) is 12.4 Å². The normalized spacial score (nSPS) is 20.3. The maximum absolute atomic E-state index is 4.35. The molecule has 0 saturated carbocycles. The van der Waals surface area contributed by atoms with Crippen LogP contribution < -0.4 is 10.6 Å². The average Bonchev–Trinajstić information content (AvgIpc) is 2.73. The quantitative estimate of drug-likeness (QED) is 0.806.